The Kier molecular flexibility index (Phi) is 36.6. The second kappa shape index (κ2) is 40.3. The SMILES string of the molecule is Cc1cccc(Oc2[c-]cccc2)n1.Cc1cccc(Oc2[c-]cccc2)n1.Cc1cccc(Oc2[c-]cccc2)n1.FCc1cccc(Oc2[c-]cccc2)n1.Nc1cccc(Oc2[c-]cccc2)n1.[Ir].[Ir].[La].[Sc].[Y]. The van der Waals surface area contributed by atoms with Crippen molar-refractivity contribution in [2.24, 2.45) is 0 Å². The molecule has 17 heteroatoms. The average molecular weight is 1600 g/mol. The van der Waals surface area contributed by atoms with Gasteiger partial charge in [-0.25, -0.2) is 24.3 Å². The minimum Gasteiger partial charge on any atom is -0.466 e. The first-order valence-electron chi connectivity index (χ1n) is 22.0. The van der Waals surface area contributed by atoms with Gasteiger partial charge in [0.2, 0.25) is 29.4 Å². The van der Waals surface area contributed by atoms with Crippen LogP contribution in [0.1, 0.15) is 22.8 Å². The zero-order chi connectivity index (χ0) is 49.7. The molecule has 2 N–H and O–H groups in total. The molecule has 0 unspecified atom stereocenters. The van der Waals surface area contributed by atoms with Gasteiger partial charge >= 0.3 is 0 Å². The maximum atomic E-state index is 12.3. The molecule has 0 bridgehead atoms. The number of para-hydroxylation sites is 5. The van der Waals surface area contributed by atoms with E-state index in [0.29, 0.717) is 69.7 Å². The molecule has 0 spiro atoms. The Bertz CT molecular complexity index is 2760. The molecule has 5 aromatic carbocycles. The molecule has 76 heavy (non-hydrogen) atoms. The van der Waals surface area contributed by atoms with E-state index in [-0.39, 0.29) is 134 Å². The summed E-state index contributed by atoms with van der Waals surface area (Å²) in [5.41, 5.74) is 8.70. The van der Waals surface area contributed by atoms with Gasteiger partial charge in [-0.3, -0.25) is 0 Å². The molecule has 0 aliphatic heterocycles. The molecule has 0 saturated heterocycles. The van der Waals surface area contributed by atoms with Gasteiger partial charge in [-0.05, 0) is 51.1 Å². The van der Waals surface area contributed by atoms with Gasteiger partial charge in [0.15, 0.2) is 0 Å². The van der Waals surface area contributed by atoms with E-state index in [1.54, 1.807) is 54.6 Å². The number of nitrogens with two attached hydrogens (primary N) is 1. The largest absolute Gasteiger partial charge is 0.466 e. The molecule has 5 radical (unpaired) electrons. The Morgan fingerprint density at radius 1 is 0.368 bits per heavy atom. The number of anilines is 1. The van der Waals surface area contributed by atoms with Crippen molar-refractivity contribution in [2.75, 3.05) is 5.73 Å². The van der Waals surface area contributed by atoms with E-state index in [9.17, 15) is 4.39 Å². The summed E-state index contributed by atoms with van der Waals surface area (Å²) in [5, 5.41) is 0. The second-order valence-electron chi connectivity index (χ2n) is 14.5. The molecule has 10 rings (SSSR count). The van der Waals surface area contributed by atoms with E-state index in [1.807, 2.05) is 178 Å². The Hall–Kier alpha value is -4.95. The van der Waals surface area contributed by atoms with Crippen LogP contribution in [0.15, 0.2) is 212 Å². The number of benzene rings is 5. The van der Waals surface area contributed by atoms with Crippen LogP contribution in [0.5, 0.6) is 58.1 Å². The molecule has 5 aromatic heterocycles. The standard InChI is InChI=1S/C12H9FNO.3C12H10NO.C11H9N2O.2Ir.La.Sc.Y/c13-9-10-5-4-8-12(14-10)15-11-6-2-1-3-7-11;3*1-10-6-5-9-12(13-10)14-11-7-3-2-4-8-11;12-10-7-4-8-11(13-10)14-9-5-2-1-3-6-9;;;;;/h1-6,8H,9H2;3*2-7,9H,1H3;1-5,7-8H,(H2,12,13);;;;;/q5*-1;;;;;. The number of ether oxygens (including phenoxy) is 5. The van der Waals surface area contributed by atoms with E-state index < -0.39 is 6.67 Å². The van der Waals surface area contributed by atoms with Crippen molar-refractivity contribution in [3.05, 3.63) is 265 Å². The monoisotopic (exact) mass is 1600 g/mol. The fourth-order valence-corrected chi connectivity index (χ4v) is 5.57. The first-order valence-corrected chi connectivity index (χ1v) is 22.0. The number of hydrogen-bond acceptors (Lipinski definition) is 11. The molecule has 0 aliphatic rings. The van der Waals surface area contributed by atoms with Crippen LogP contribution >= 0.6 is 0 Å². The molecule has 0 saturated carbocycles. The Morgan fingerprint density at radius 2 is 0.632 bits per heavy atom. The van der Waals surface area contributed by atoms with Gasteiger partial charge in [0.25, 0.3) is 0 Å². The fraction of sp³-hybridized carbons (Fsp3) is 0.0678. The second-order valence-corrected chi connectivity index (χ2v) is 14.5. The molecular weight excluding hydrogens is 1550 g/mol. The molecule has 0 amide bonds. The van der Waals surface area contributed by atoms with Crippen molar-refractivity contribution < 1.29 is 162 Å². The van der Waals surface area contributed by atoms with Gasteiger partial charge in [-0.2, -0.15) is 96.0 Å². The average Bonchev–Trinajstić information content (AvgIpc) is 3.39. The minimum absolute atomic E-state index is 0. The van der Waals surface area contributed by atoms with Gasteiger partial charge in [0, 0.05) is 211 Å². The van der Waals surface area contributed by atoms with Gasteiger partial charge in [0.1, 0.15) is 12.5 Å². The summed E-state index contributed by atoms with van der Waals surface area (Å²) >= 11 is 0. The van der Waals surface area contributed by atoms with Crippen LogP contribution in [0.3, 0.4) is 0 Å². The number of pyridine rings is 5. The topological polar surface area (TPSA) is 137 Å². The van der Waals surface area contributed by atoms with E-state index in [1.165, 1.54) is 0 Å². The van der Waals surface area contributed by atoms with E-state index in [4.69, 9.17) is 29.4 Å². The number of nitrogen functional groups attached to an aromatic ring is 1. The normalized spacial score (nSPS) is 9.16. The van der Waals surface area contributed by atoms with E-state index in [2.05, 4.69) is 55.3 Å². The first kappa shape index (κ1) is 69.1. The summed E-state index contributed by atoms with van der Waals surface area (Å²) < 4.78 is 39.6. The van der Waals surface area contributed by atoms with Crippen LogP contribution in [-0.2, 0) is 105 Å². The third kappa shape index (κ3) is 27.9. The number of aryl methyl sites for hydroxylation is 3. The van der Waals surface area contributed by atoms with Crippen molar-refractivity contribution >= 4 is 5.82 Å². The zero-order valence-electron chi connectivity index (χ0n) is 41.5. The smallest absolute Gasteiger partial charge is 0.218 e. The quantitative estimate of drug-likeness (QED) is 0.124. The zero-order valence-corrected chi connectivity index (χ0v) is 54.6. The molecule has 0 fully saturated rings. The molecule has 11 nitrogen and oxygen atoms in total. The number of hydrogen-bond donors (Lipinski definition) is 1. The minimum atomic E-state index is -0.588. The molecule has 5 heterocycles. The van der Waals surface area contributed by atoms with Gasteiger partial charge < -0.3 is 29.4 Å². The summed E-state index contributed by atoms with van der Waals surface area (Å²) in [6.07, 6.45) is 0. The number of rotatable bonds is 11. The van der Waals surface area contributed by atoms with Crippen LogP contribution in [0, 0.1) is 86.7 Å². The Morgan fingerprint density at radius 3 is 0.882 bits per heavy atom. The third-order valence-electron chi connectivity index (χ3n) is 8.73. The fourth-order valence-electron chi connectivity index (χ4n) is 5.57. The van der Waals surface area contributed by atoms with Crippen molar-refractivity contribution in [3.63, 3.8) is 0 Å². The van der Waals surface area contributed by atoms with Crippen molar-refractivity contribution in [1.82, 2.24) is 24.9 Å². The van der Waals surface area contributed by atoms with Crippen LogP contribution in [0.25, 0.3) is 0 Å². The van der Waals surface area contributed by atoms with Crippen LogP contribution in [0.2, 0.25) is 0 Å². The summed E-state index contributed by atoms with van der Waals surface area (Å²) in [6, 6.07) is 79.0. The third-order valence-corrected chi connectivity index (χ3v) is 8.73. The predicted octanol–water partition coefficient (Wildman–Crippen LogP) is 14.3. The predicted molar refractivity (Wildman–Crippen MR) is 271 cm³/mol. The Balaban J connectivity index is 0.000000467. The summed E-state index contributed by atoms with van der Waals surface area (Å²) in [4.78, 5) is 20.7. The molecule has 0 aliphatic carbocycles. The maximum absolute atomic E-state index is 12.3. The van der Waals surface area contributed by atoms with Crippen molar-refractivity contribution in [2.45, 2.75) is 27.4 Å². The van der Waals surface area contributed by atoms with Gasteiger partial charge in [0.05, 0.1) is 5.69 Å². The van der Waals surface area contributed by atoms with Crippen molar-refractivity contribution in [1.29, 1.82) is 0 Å². The number of aromatic nitrogens is 5. The molecular formula is C59H48FIr2LaN6O5ScY-5. The molecule has 383 valence electrons. The summed E-state index contributed by atoms with van der Waals surface area (Å²) in [7, 11) is 0. The number of halogens is 1. The van der Waals surface area contributed by atoms with E-state index >= 15 is 0 Å². The Labute approximate surface area is 543 Å². The van der Waals surface area contributed by atoms with Crippen LogP contribution in [-0.4, -0.2) is 24.9 Å². The van der Waals surface area contributed by atoms with Crippen molar-refractivity contribution in [3.8, 4) is 58.1 Å². The van der Waals surface area contributed by atoms with Crippen LogP contribution < -0.4 is 29.4 Å². The van der Waals surface area contributed by atoms with E-state index in [0.717, 1.165) is 17.1 Å². The summed E-state index contributed by atoms with van der Waals surface area (Å²) in [6.45, 7) is 5.21. The first-order chi connectivity index (χ1) is 34.8. The molecule has 10 aromatic rings. The van der Waals surface area contributed by atoms with Crippen LogP contribution in [0.4, 0.5) is 10.2 Å². The van der Waals surface area contributed by atoms with Gasteiger partial charge in [-0.15, -0.1) is 60.7 Å². The number of alkyl halides is 1. The number of nitrogens with zero attached hydrogens (tertiary/aromatic N) is 5. The maximum Gasteiger partial charge on any atom is 0.218 e. The molecule has 0 atom stereocenters. The van der Waals surface area contributed by atoms with Gasteiger partial charge in [-0.1, -0.05) is 30.3 Å². The summed E-state index contributed by atoms with van der Waals surface area (Å²) in [5.74, 6) is 6.37.